The third-order valence-electron chi connectivity index (χ3n) is 0.898. The lowest BCUT2D eigenvalue weighted by Crippen LogP contribution is -2.21. The van der Waals surface area contributed by atoms with Crippen molar-refractivity contribution < 1.29 is 24.7 Å². The van der Waals surface area contributed by atoms with Gasteiger partial charge in [0.1, 0.15) is 0 Å². The van der Waals surface area contributed by atoms with Gasteiger partial charge in [0.2, 0.25) is 11.8 Å². The second kappa shape index (κ2) is 9.20. The largest absolute Gasteiger partial charge is 0.478 e. The molecule has 0 radical (unpaired) electrons. The summed E-state index contributed by atoms with van der Waals surface area (Å²) in [6.07, 6.45) is 0.734. The SMILES string of the molecule is C=CC(=O)O.NC(=O)CCC(=O)NO. The molecule has 7 heteroatoms. The molecule has 0 saturated heterocycles. The van der Waals surface area contributed by atoms with Gasteiger partial charge < -0.3 is 10.8 Å². The van der Waals surface area contributed by atoms with Crippen LogP contribution in [0.3, 0.4) is 0 Å². The number of carboxylic acid groups (broad SMARTS) is 1. The van der Waals surface area contributed by atoms with Crippen molar-refractivity contribution in [3.63, 3.8) is 0 Å². The number of hydrogen-bond acceptors (Lipinski definition) is 4. The molecule has 5 N–H and O–H groups in total. The molecule has 0 aliphatic heterocycles. The van der Waals surface area contributed by atoms with E-state index >= 15 is 0 Å². The van der Waals surface area contributed by atoms with E-state index in [0.29, 0.717) is 0 Å². The number of hydroxylamine groups is 1. The molecule has 0 aliphatic rings. The predicted octanol–water partition coefficient (Wildman–Crippen LogP) is -0.986. The number of nitrogens with one attached hydrogen (secondary N) is 1. The molecule has 0 aromatic heterocycles. The Hall–Kier alpha value is -1.89. The number of amides is 2. The lowest BCUT2D eigenvalue weighted by Gasteiger charge is -1.92. The number of carboxylic acids is 1. The zero-order valence-corrected chi connectivity index (χ0v) is 7.40. The van der Waals surface area contributed by atoms with E-state index in [1.165, 1.54) is 5.48 Å². The Bertz CT molecular complexity index is 226. The van der Waals surface area contributed by atoms with Crippen molar-refractivity contribution in [2.24, 2.45) is 5.73 Å². The van der Waals surface area contributed by atoms with E-state index in [4.69, 9.17) is 16.0 Å². The highest BCUT2D eigenvalue weighted by Gasteiger charge is 2.00. The molecule has 14 heavy (non-hydrogen) atoms. The van der Waals surface area contributed by atoms with Gasteiger partial charge in [0.05, 0.1) is 0 Å². The minimum Gasteiger partial charge on any atom is -0.478 e. The summed E-state index contributed by atoms with van der Waals surface area (Å²) in [6.45, 7) is 2.96. The van der Waals surface area contributed by atoms with E-state index in [2.05, 4.69) is 6.58 Å². The Labute approximate surface area is 80.2 Å². The molecule has 7 nitrogen and oxygen atoms in total. The standard InChI is InChI=1S/C4H8N2O3.C3H4O2/c5-3(7)1-2-4(8)6-9;1-2-3(4)5/h9H,1-2H2,(H2,5,7)(H,6,8);2H,1H2,(H,4,5). The van der Waals surface area contributed by atoms with Gasteiger partial charge >= 0.3 is 5.97 Å². The molecule has 0 fully saturated rings. The van der Waals surface area contributed by atoms with Gasteiger partial charge in [0.25, 0.3) is 0 Å². The fraction of sp³-hybridized carbons (Fsp3) is 0.286. The Morgan fingerprint density at radius 1 is 1.36 bits per heavy atom. The number of carbonyl (C=O) groups is 3. The third kappa shape index (κ3) is 16.6. The van der Waals surface area contributed by atoms with Crippen LogP contribution in [-0.2, 0) is 14.4 Å². The average molecular weight is 204 g/mol. The minimum atomic E-state index is -0.981. The van der Waals surface area contributed by atoms with Gasteiger partial charge in [-0.1, -0.05) is 6.58 Å². The Balaban J connectivity index is 0. The Kier molecular flexibility index (Phi) is 9.61. The highest BCUT2D eigenvalue weighted by atomic mass is 16.5. The summed E-state index contributed by atoms with van der Waals surface area (Å²) in [5, 5.41) is 15.5. The number of nitrogens with two attached hydrogens (primary N) is 1. The van der Waals surface area contributed by atoms with Crippen LogP contribution in [0.5, 0.6) is 0 Å². The van der Waals surface area contributed by atoms with Crippen LogP contribution in [0.4, 0.5) is 0 Å². The summed E-state index contributed by atoms with van der Waals surface area (Å²) in [6, 6.07) is 0. The van der Waals surface area contributed by atoms with E-state index in [1.807, 2.05) is 0 Å². The van der Waals surface area contributed by atoms with Crippen LogP contribution >= 0.6 is 0 Å². The number of hydrogen-bond donors (Lipinski definition) is 4. The van der Waals surface area contributed by atoms with E-state index in [-0.39, 0.29) is 12.8 Å². The molecule has 0 rings (SSSR count). The Morgan fingerprint density at radius 2 is 1.79 bits per heavy atom. The number of aliphatic carboxylic acids is 1. The van der Waals surface area contributed by atoms with Crippen LogP contribution in [0.2, 0.25) is 0 Å². The molecule has 0 spiro atoms. The van der Waals surface area contributed by atoms with Crippen LogP contribution in [-0.4, -0.2) is 28.1 Å². The Morgan fingerprint density at radius 3 is 2.00 bits per heavy atom. The van der Waals surface area contributed by atoms with Crippen molar-refractivity contribution in [3.8, 4) is 0 Å². The van der Waals surface area contributed by atoms with Crippen LogP contribution in [0, 0.1) is 0 Å². The molecule has 0 atom stereocenters. The van der Waals surface area contributed by atoms with Gasteiger partial charge in [-0.15, -0.1) is 0 Å². The maximum atomic E-state index is 10.1. The summed E-state index contributed by atoms with van der Waals surface area (Å²) in [7, 11) is 0. The molecule has 0 aliphatic carbocycles. The highest BCUT2D eigenvalue weighted by Crippen LogP contribution is 1.84. The maximum absolute atomic E-state index is 10.1. The first kappa shape index (κ1) is 14.6. The second-order valence-electron chi connectivity index (χ2n) is 2.04. The fourth-order valence-electron chi connectivity index (χ4n) is 0.293. The lowest BCUT2D eigenvalue weighted by atomic mass is 10.3. The molecule has 0 unspecified atom stereocenters. The molecular formula is C7H12N2O5. The van der Waals surface area contributed by atoms with Gasteiger partial charge in [-0.05, 0) is 0 Å². The van der Waals surface area contributed by atoms with Gasteiger partial charge in [-0.3, -0.25) is 14.8 Å². The minimum absolute atomic E-state index is 0.0353. The molecule has 0 aromatic rings. The van der Waals surface area contributed by atoms with Gasteiger partial charge in [0.15, 0.2) is 0 Å². The third-order valence-corrected chi connectivity index (χ3v) is 0.898. The van der Waals surface area contributed by atoms with Crippen LogP contribution in [0.15, 0.2) is 12.7 Å². The molecule has 0 bridgehead atoms. The van der Waals surface area contributed by atoms with Gasteiger partial charge in [-0.2, -0.15) is 0 Å². The summed E-state index contributed by atoms with van der Waals surface area (Å²) in [5.74, 6) is -2.14. The molecule has 0 aromatic carbocycles. The van der Waals surface area contributed by atoms with Crippen molar-refractivity contribution in [1.29, 1.82) is 0 Å². The predicted molar refractivity (Wildman–Crippen MR) is 46.2 cm³/mol. The number of primary amides is 1. The molecule has 2 amide bonds. The van der Waals surface area contributed by atoms with Crippen LogP contribution < -0.4 is 11.2 Å². The summed E-state index contributed by atoms with van der Waals surface area (Å²) in [4.78, 5) is 29.4. The van der Waals surface area contributed by atoms with E-state index in [9.17, 15) is 14.4 Å². The zero-order chi connectivity index (χ0) is 11.6. The second-order valence-corrected chi connectivity index (χ2v) is 2.04. The van der Waals surface area contributed by atoms with Crippen molar-refractivity contribution in [2.75, 3.05) is 0 Å². The van der Waals surface area contributed by atoms with Crippen LogP contribution in [0.25, 0.3) is 0 Å². The zero-order valence-electron chi connectivity index (χ0n) is 7.40. The summed E-state index contributed by atoms with van der Waals surface area (Å²) in [5.41, 5.74) is 6.07. The quantitative estimate of drug-likeness (QED) is 0.265. The average Bonchev–Trinajstić information content (AvgIpc) is 2.14. The highest BCUT2D eigenvalue weighted by molar-refractivity contribution is 5.82. The normalized spacial score (nSPS) is 7.79. The smallest absolute Gasteiger partial charge is 0.327 e. The van der Waals surface area contributed by atoms with Gasteiger partial charge in [-0.25, -0.2) is 10.3 Å². The van der Waals surface area contributed by atoms with Crippen molar-refractivity contribution in [3.05, 3.63) is 12.7 Å². The molecule has 0 saturated carbocycles. The van der Waals surface area contributed by atoms with Crippen molar-refractivity contribution in [2.45, 2.75) is 12.8 Å². The van der Waals surface area contributed by atoms with Gasteiger partial charge in [0, 0.05) is 18.9 Å². The van der Waals surface area contributed by atoms with E-state index in [1.54, 1.807) is 0 Å². The molecule has 0 heterocycles. The maximum Gasteiger partial charge on any atom is 0.327 e. The lowest BCUT2D eigenvalue weighted by molar-refractivity contribution is -0.131. The monoisotopic (exact) mass is 204 g/mol. The summed E-state index contributed by atoms with van der Waals surface area (Å²) < 4.78 is 0. The first-order valence-corrected chi connectivity index (χ1v) is 3.50. The summed E-state index contributed by atoms with van der Waals surface area (Å²) >= 11 is 0. The number of carbonyl (C=O) groups excluding carboxylic acids is 2. The van der Waals surface area contributed by atoms with Crippen molar-refractivity contribution in [1.82, 2.24) is 5.48 Å². The van der Waals surface area contributed by atoms with Crippen LogP contribution in [0.1, 0.15) is 12.8 Å². The van der Waals surface area contributed by atoms with Crippen molar-refractivity contribution >= 4 is 17.8 Å². The fourth-order valence-corrected chi connectivity index (χ4v) is 0.293. The van der Waals surface area contributed by atoms with E-state index in [0.717, 1.165) is 6.08 Å². The first-order valence-electron chi connectivity index (χ1n) is 3.50. The first-order chi connectivity index (χ1) is 6.43. The molecule has 80 valence electrons. The van der Waals surface area contributed by atoms with E-state index < -0.39 is 17.8 Å². The topological polar surface area (TPSA) is 130 Å². The number of rotatable bonds is 4. The molecular weight excluding hydrogens is 192 g/mol.